The molecule has 0 aliphatic rings. The first-order valence-corrected chi connectivity index (χ1v) is 6.03. The number of carbonyl (C=O) groups is 1. The number of hydrogen-bond donors (Lipinski definition) is 1. The Bertz CT molecular complexity index is 544. The van der Waals surface area contributed by atoms with Gasteiger partial charge in [-0.1, -0.05) is 42.5 Å². The zero-order chi connectivity index (χ0) is 13.0. The number of rotatable bonds is 4. The second-order valence-electron chi connectivity index (χ2n) is 4.44. The first-order chi connectivity index (χ1) is 8.66. The second kappa shape index (κ2) is 5.50. The van der Waals surface area contributed by atoms with Crippen molar-refractivity contribution in [3.8, 4) is 0 Å². The molecule has 2 aromatic rings. The molecule has 0 unspecified atom stereocenters. The zero-order valence-electron chi connectivity index (χ0n) is 10.4. The van der Waals surface area contributed by atoms with Crippen LogP contribution < -0.4 is 0 Å². The molecule has 1 N–H and O–H groups in total. The van der Waals surface area contributed by atoms with Crippen molar-refractivity contribution in [2.24, 2.45) is 0 Å². The van der Waals surface area contributed by atoms with Gasteiger partial charge in [0.15, 0.2) is 0 Å². The van der Waals surface area contributed by atoms with E-state index in [4.69, 9.17) is 5.11 Å². The molecule has 0 aromatic heterocycles. The van der Waals surface area contributed by atoms with Gasteiger partial charge in [-0.25, -0.2) is 4.79 Å². The van der Waals surface area contributed by atoms with E-state index in [0.717, 1.165) is 18.4 Å². The van der Waals surface area contributed by atoms with Crippen molar-refractivity contribution >= 4 is 5.97 Å². The smallest absolute Gasteiger partial charge is 0.335 e. The van der Waals surface area contributed by atoms with Crippen molar-refractivity contribution in [2.75, 3.05) is 0 Å². The normalized spacial score (nSPS) is 10.3. The molecular formula is C16H16O2. The second-order valence-corrected chi connectivity index (χ2v) is 4.44. The lowest BCUT2D eigenvalue weighted by Crippen LogP contribution is -2.01. The van der Waals surface area contributed by atoms with Crippen LogP contribution in [0.25, 0.3) is 0 Å². The molecule has 2 rings (SSSR count). The minimum Gasteiger partial charge on any atom is -0.478 e. The largest absolute Gasteiger partial charge is 0.478 e. The summed E-state index contributed by atoms with van der Waals surface area (Å²) >= 11 is 0. The van der Waals surface area contributed by atoms with Crippen molar-refractivity contribution in [1.29, 1.82) is 0 Å². The summed E-state index contributed by atoms with van der Waals surface area (Å²) in [6.07, 6.45) is 1.91. The van der Waals surface area contributed by atoms with Gasteiger partial charge in [0.2, 0.25) is 0 Å². The van der Waals surface area contributed by atoms with Gasteiger partial charge in [0, 0.05) is 0 Å². The molecule has 0 heterocycles. The topological polar surface area (TPSA) is 37.3 Å². The molecule has 0 amide bonds. The summed E-state index contributed by atoms with van der Waals surface area (Å²) in [6, 6.07) is 15.9. The van der Waals surface area contributed by atoms with E-state index in [-0.39, 0.29) is 0 Å². The minimum atomic E-state index is -0.859. The van der Waals surface area contributed by atoms with Crippen LogP contribution in [0, 0.1) is 6.92 Å². The van der Waals surface area contributed by atoms with Crippen molar-refractivity contribution in [2.45, 2.75) is 19.8 Å². The fourth-order valence-electron chi connectivity index (χ4n) is 2.05. The summed E-state index contributed by atoms with van der Waals surface area (Å²) in [5, 5.41) is 8.96. The molecule has 92 valence electrons. The number of benzene rings is 2. The van der Waals surface area contributed by atoms with Crippen molar-refractivity contribution in [3.63, 3.8) is 0 Å². The summed E-state index contributed by atoms with van der Waals surface area (Å²) < 4.78 is 0. The maximum absolute atomic E-state index is 10.9. The Balaban J connectivity index is 2.07. The standard InChI is InChI=1S/C16H16O2/c1-12-11-14(9-10-15(12)16(17)18)8-7-13-5-3-2-4-6-13/h2-6,9-11H,7-8H2,1H3,(H,17,18). The Kier molecular flexibility index (Phi) is 3.78. The maximum Gasteiger partial charge on any atom is 0.335 e. The van der Waals surface area contributed by atoms with Gasteiger partial charge in [-0.05, 0) is 42.5 Å². The van der Waals surface area contributed by atoms with E-state index >= 15 is 0 Å². The highest BCUT2D eigenvalue weighted by molar-refractivity contribution is 5.89. The molecule has 2 aromatic carbocycles. The Hall–Kier alpha value is -2.09. The first kappa shape index (κ1) is 12.4. The van der Waals surface area contributed by atoms with Gasteiger partial charge < -0.3 is 5.11 Å². The van der Waals surface area contributed by atoms with Crippen molar-refractivity contribution in [1.82, 2.24) is 0 Å². The number of aryl methyl sites for hydroxylation is 3. The summed E-state index contributed by atoms with van der Waals surface area (Å²) in [7, 11) is 0. The van der Waals surface area contributed by atoms with Crippen LogP contribution >= 0.6 is 0 Å². The first-order valence-electron chi connectivity index (χ1n) is 6.03. The van der Waals surface area contributed by atoms with Gasteiger partial charge in [-0.3, -0.25) is 0 Å². The average Bonchev–Trinajstić information content (AvgIpc) is 2.37. The van der Waals surface area contributed by atoms with E-state index in [1.807, 2.05) is 37.3 Å². The Labute approximate surface area is 107 Å². The third-order valence-electron chi connectivity index (χ3n) is 3.07. The molecule has 2 heteroatoms. The molecule has 0 spiro atoms. The highest BCUT2D eigenvalue weighted by atomic mass is 16.4. The third-order valence-corrected chi connectivity index (χ3v) is 3.07. The van der Waals surface area contributed by atoms with E-state index in [1.165, 1.54) is 11.1 Å². The van der Waals surface area contributed by atoms with Crippen LogP contribution in [0.5, 0.6) is 0 Å². The van der Waals surface area contributed by atoms with Gasteiger partial charge in [-0.15, -0.1) is 0 Å². The van der Waals surface area contributed by atoms with Crippen molar-refractivity contribution < 1.29 is 9.90 Å². The molecule has 2 nitrogen and oxygen atoms in total. The quantitative estimate of drug-likeness (QED) is 0.888. The van der Waals surface area contributed by atoms with E-state index in [2.05, 4.69) is 12.1 Å². The summed E-state index contributed by atoms with van der Waals surface area (Å²) in [6.45, 7) is 1.84. The molecule has 0 bridgehead atoms. The summed E-state index contributed by atoms with van der Waals surface area (Å²) in [4.78, 5) is 10.9. The fraction of sp³-hybridized carbons (Fsp3) is 0.188. The predicted octanol–water partition coefficient (Wildman–Crippen LogP) is 3.48. The molecule has 0 saturated carbocycles. The lowest BCUT2D eigenvalue weighted by Gasteiger charge is -2.05. The van der Waals surface area contributed by atoms with E-state index in [9.17, 15) is 4.79 Å². The van der Waals surface area contributed by atoms with E-state index < -0.39 is 5.97 Å². The Morgan fingerprint density at radius 2 is 1.67 bits per heavy atom. The molecule has 0 atom stereocenters. The van der Waals surface area contributed by atoms with Crippen LogP contribution in [0.3, 0.4) is 0 Å². The van der Waals surface area contributed by atoms with Gasteiger partial charge in [0.1, 0.15) is 0 Å². The monoisotopic (exact) mass is 240 g/mol. The fourth-order valence-corrected chi connectivity index (χ4v) is 2.05. The highest BCUT2D eigenvalue weighted by Gasteiger charge is 2.06. The van der Waals surface area contributed by atoms with Crippen LogP contribution in [-0.4, -0.2) is 11.1 Å². The highest BCUT2D eigenvalue weighted by Crippen LogP contribution is 2.13. The van der Waals surface area contributed by atoms with Crippen molar-refractivity contribution in [3.05, 3.63) is 70.8 Å². The summed E-state index contributed by atoms with van der Waals surface area (Å²) in [5.74, 6) is -0.859. The molecule has 0 saturated heterocycles. The predicted molar refractivity (Wildman–Crippen MR) is 72.0 cm³/mol. The van der Waals surface area contributed by atoms with E-state index in [1.54, 1.807) is 6.07 Å². The Morgan fingerprint density at radius 3 is 2.28 bits per heavy atom. The van der Waals surface area contributed by atoms with Gasteiger partial charge in [0.25, 0.3) is 0 Å². The minimum absolute atomic E-state index is 0.387. The zero-order valence-corrected chi connectivity index (χ0v) is 10.4. The molecular weight excluding hydrogens is 224 g/mol. The molecule has 0 fully saturated rings. The lowest BCUT2D eigenvalue weighted by molar-refractivity contribution is 0.0696. The number of aromatic carboxylic acids is 1. The van der Waals surface area contributed by atoms with Crippen LogP contribution in [0.4, 0.5) is 0 Å². The SMILES string of the molecule is Cc1cc(CCc2ccccc2)ccc1C(=O)O. The molecule has 0 aliphatic carbocycles. The Morgan fingerprint density at radius 1 is 1.00 bits per heavy atom. The molecule has 18 heavy (non-hydrogen) atoms. The van der Waals surface area contributed by atoms with Crippen LogP contribution in [-0.2, 0) is 12.8 Å². The third kappa shape index (κ3) is 2.98. The average molecular weight is 240 g/mol. The number of carboxylic acids is 1. The lowest BCUT2D eigenvalue weighted by atomic mass is 10.00. The maximum atomic E-state index is 10.9. The van der Waals surface area contributed by atoms with Gasteiger partial charge in [-0.2, -0.15) is 0 Å². The summed E-state index contributed by atoms with van der Waals surface area (Å²) in [5.41, 5.74) is 3.70. The van der Waals surface area contributed by atoms with Crippen LogP contribution in [0.1, 0.15) is 27.0 Å². The number of carboxylic acid groups (broad SMARTS) is 1. The van der Waals surface area contributed by atoms with Gasteiger partial charge >= 0.3 is 5.97 Å². The molecule has 0 radical (unpaired) electrons. The van der Waals surface area contributed by atoms with Crippen LogP contribution in [0.2, 0.25) is 0 Å². The van der Waals surface area contributed by atoms with E-state index in [0.29, 0.717) is 5.56 Å². The van der Waals surface area contributed by atoms with Gasteiger partial charge in [0.05, 0.1) is 5.56 Å². The molecule has 0 aliphatic heterocycles. The van der Waals surface area contributed by atoms with Crippen LogP contribution in [0.15, 0.2) is 48.5 Å². The number of hydrogen-bond acceptors (Lipinski definition) is 1.